The van der Waals surface area contributed by atoms with E-state index >= 15 is 0 Å². The van der Waals surface area contributed by atoms with Crippen LogP contribution in [0.25, 0.3) is 117 Å². The van der Waals surface area contributed by atoms with E-state index in [1.54, 1.807) is 0 Å². The molecule has 0 saturated carbocycles. The molecule has 0 amide bonds. The molecular formula is C51H30N4O2. The van der Waals surface area contributed by atoms with Crippen molar-refractivity contribution in [3.8, 4) is 51.0 Å². The molecule has 0 radical (unpaired) electrons. The number of hydrogen-bond donors (Lipinski definition) is 0. The zero-order valence-electron chi connectivity index (χ0n) is 30.4. The van der Waals surface area contributed by atoms with E-state index < -0.39 is 0 Å². The topological polar surface area (TPSA) is 69.9 Å². The molecule has 0 N–H and O–H groups in total. The van der Waals surface area contributed by atoms with E-state index in [0.717, 1.165) is 77.4 Å². The zero-order valence-corrected chi connectivity index (χ0v) is 30.4. The monoisotopic (exact) mass is 730 g/mol. The maximum absolute atomic E-state index is 6.46. The summed E-state index contributed by atoms with van der Waals surface area (Å²) >= 11 is 0. The molecule has 0 atom stereocenters. The lowest BCUT2D eigenvalue weighted by atomic mass is 9.99. The summed E-state index contributed by atoms with van der Waals surface area (Å²) in [5.74, 6) is 1.70. The predicted octanol–water partition coefficient (Wildman–Crippen LogP) is 13.4. The average Bonchev–Trinajstić information content (AvgIpc) is 3.96. The van der Waals surface area contributed by atoms with Gasteiger partial charge in [0.15, 0.2) is 17.5 Å². The van der Waals surface area contributed by atoms with Crippen LogP contribution < -0.4 is 0 Å². The molecule has 4 aromatic heterocycles. The first-order chi connectivity index (χ1) is 28.2. The van der Waals surface area contributed by atoms with Gasteiger partial charge in [0.1, 0.15) is 22.3 Å². The summed E-state index contributed by atoms with van der Waals surface area (Å²) < 4.78 is 15.3. The van der Waals surface area contributed by atoms with E-state index in [9.17, 15) is 0 Å². The Morgan fingerprint density at radius 3 is 1.74 bits per heavy atom. The van der Waals surface area contributed by atoms with Crippen LogP contribution in [-0.4, -0.2) is 19.5 Å². The van der Waals surface area contributed by atoms with Crippen molar-refractivity contribution in [3.63, 3.8) is 0 Å². The smallest absolute Gasteiger partial charge is 0.167 e. The van der Waals surface area contributed by atoms with E-state index in [4.69, 9.17) is 23.8 Å². The molecule has 0 fully saturated rings. The summed E-state index contributed by atoms with van der Waals surface area (Å²) in [4.78, 5) is 15.2. The lowest BCUT2D eigenvalue weighted by Crippen LogP contribution is -2.00. The Morgan fingerprint density at radius 2 is 0.930 bits per heavy atom. The predicted molar refractivity (Wildman–Crippen MR) is 230 cm³/mol. The molecule has 12 aromatic rings. The molecule has 57 heavy (non-hydrogen) atoms. The van der Waals surface area contributed by atoms with Crippen molar-refractivity contribution < 1.29 is 8.83 Å². The maximum atomic E-state index is 6.46. The van der Waals surface area contributed by atoms with E-state index in [0.29, 0.717) is 17.5 Å². The van der Waals surface area contributed by atoms with Crippen LogP contribution in [0.4, 0.5) is 0 Å². The normalized spacial score (nSPS) is 11.9. The Bertz CT molecular complexity index is 3530. The number of para-hydroxylation sites is 5. The van der Waals surface area contributed by atoms with E-state index in [1.165, 1.54) is 21.8 Å². The number of aromatic nitrogens is 4. The van der Waals surface area contributed by atoms with Gasteiger partial charge in [-0.05, 0) is 66.2 Å². The number of hydrogen-bond acceptors (Lipinski definition) is 5. The van der Waals surface area contributed by atoms with Crippen molar-refractivity contribution in [3.05, 3.63) is 182 Å². The first-order valence-electron chi connectivity index (χ1n) is 19.0. The average molecular weight is 731 g/mol. The minimum Gasteiger partial charge on any atom is -0.456 e. The molecule has 0 spiro atoms. The molecule has 0 unspecified atom stereocenters. The highest BCUT2D eigenvalue weighted by atomic mass is 16.3. The van der Waals surface area contributed by atoms with Crippen molar-refractivity contribution in [2.45, 2.75) is 0 Å². The molecule has 6 heteroatoms. The number of furan rings is 2. The number of fused-ring (bicyclic) bond motifs is 9. The summed E-state index contributed by atoms with van der Waals surface area (Å²) in [6.07, 6.45) is 0. The number of nitrogens with zero attached hydrogens (tertiary/aromatic N) is 4. The zero-order chi connectivity index (χ0) is 37.5. The second-order valence-corrected chi connectivity index (χ2v) is 14.4. The lowest BCUT2D eigenvalue weighted by Gasteiger charge is -2.12. The fourth-order valence-electron chi connectivity index (χ4n) is 8.45. The Labute approximate surface area is 325 Å². The van der Waals surface area contributed by atoms with Gasteiger partial charge in [-0.25, -0.2) is 15.0 Å². The highest BCUT2D eigenvalue weighted by Crippen LogP contribution is 2.41. The van der Waals surface area contributed by atoms with Gasteiger partial charge in [-0.2, -0.15) is 0 Å². The largest absolute Gasteiger partial charge is 0.456 e. The molecule has 6 nitrogen and oxygen atoms in total. The third-order valence-corrected chi connectivity index (χ3v) is 11.1. The lowest BCUT2D eigenvalue weighted by molar-refractivity contribution is 0.669. The molecule has 12 rings (SSSR count). The number of benzene rings is 8. The third-order valence-electron chi connectivity index (χ3n) is 11.1. The summed E-state index contributed by atoms with van der Waals surface area (Å²) in [6.45, 7) is 0. The number of rotatable bonds is 5. The van der Waals surface area contributed by atoms with Gasteiger partial charge in [-0.3, -0.25) is 0 Å². The Hall–Kier alpha value is -7.83. The minimum atomic E-state index is 0.546. The van der Waals surface area contributed by atoms with Crippen LogP contribution in [0, 0.1) is 0 Å². The Morgan fingerprint density at radius 1 is 0.351 bits per heavy atom. The molecule has 266 valence electrons. The maximum Gasteiger partial charge on any atom is 0.167 e. The molecule has 4 heterocycles. The summed E-state index contributed by atoms with van der Waals surface area (Å²) in [7, 11) is 0. The van der Waals surface area contributed by atoms with Crippen molar-refractivity contribution in [2.24, 2.45) is 0 Å². The fourth-order valence-corrected chi connectivity index (χ4v) is 8.45. The van der Waals surface area contributed by atoms with Crippen LogP contribution in [0.2, 0.25) is 0 Å². The molecule has 8 aromatic carbocycles. The van der Waals surface area contributed by atoms with Gasteiger partial charge >= 0.3 is 0 Å². The van der Waals surface area contributed by atoms with Crippen molar-refractivity contribution >= 4 is 65.7 Å². The Kier molecular flexibility index (Phi) is 6.83. The SMILES string of the molecule is c1ccc(-c2nc(-c3ccc4oc5ccc(-c6cccc7c8ccccc8n(-c8ccccc8)c67)cc5c4c3)nc(-c3cccc4c3oc3ccccc34)n2)cc1. The molecule has 0 aliphatic heterocycles. The standard InChI is InChI=1S/C51H30N4O2/c1-3-13-31(14-4-1)49-52-50(54-51(53-49)40-22-12-21-39-37-18-8-10-24-44(37)57-48(39)40)33-26-28-46-42(30-33)41-29-32(25-27-45(41)56-46)35-19-11-20-38-36-17-7-9-23-43(36)55(47(35)38)34-15-5-2-6-16-34/h1-30H. The molecule has 0 aliphatic rings. The molecule has 0 aliphatic carbocycles. The minimum absolute atomic E-state index is 0.546. The summed E-state index contributed by atoms with van der Waals surface area (Å²) in [5.41, 5.74) is 11.5. The van der Waals surface area contributed by atoms with Crippen LogP contribution in [0.5, 0.6) is 0 Å². The second kappa shape index (κ2) is 12.3. The van der Waals surface area contributed by atoms with Gasteiger partial charge in [0.25, 0.3) is 0 Å². The first-order valence-corrected chi connectivity index (χ1v) is 19.0. The van der Waals surface area contributed by atoms with Gasteiger partial charge in [0.05, 0.1) is 16.6 Å². The molecule has 0 saturated heterocycles. The van der Waals surface area contributed by atoms with Crippen LogP contribution >= 0.6 is 0 Å². The highest BCUT2D eigenvalue weighted by molar-refractivity contribution is 6.15. The van der Waals surface area contributed by atoms with Gasteiger partial charge in [0, 0.05) is 54.7 Å². The van der Waals surface area contributed by atoms with Crippen molar-refractivity contribution in [2.75, 3.05) is 0 Å². The second-order valence-electron chi connectivity index (χ2n) is 14.4. The quantitative estimate of drug-likeness (QED) is 0.176. The van der Waals surface area contributed by atoms with E-state index in [-0.39, 0.29) is 0 Å². The van der Waals surface area contributed by atoms with Crippen LogP contribution in [0.15, 0.2) is 191 Å². The highest BCUT2D eigenvalue weighted by Gasteiger charge is 2.20. The van der Waals surface area contributed by atoms with Crippen molar-refractivity contribution in [1.82, 2.24) is 19.5 Å². The first kappa shape index (κ1) is 31.5. The third kappa shape index (κ3) is 4.94. The van der Waals surface area contributed by atoms with Gasteiger partial charge in [0.2, 0.25) is 0 Å². The van der Waals surface area contributed by atoms with Crippen LogP contribution in [0.3, 0.4) is 0 Å². The Balaban J connectivity index is 1.05. The van der Waals surface area contributed by atoms with Gasteiger partial charge < -0.3 is 13.4 Å². The van der Waals surface area contributed by atoms with Gasteiger partial charge in [-0.15, -0.1) is 0 Å². The van der Waals surface area contributed by atoms with Crippen LogP contribution in [0.1, 0.15) is 0 Å². The fraction of sp³-hybridized carbons (Fsp3) is 0. The molecule has 0 bridgehead atoms. The molecular weight excluding hydrogens is 701 g/mol. The van der Waals surface area contributed by atoms with Crippen LogP contribution in [-0.2, 0) is 0 Å². The summed E-state index contributed by atoms with van der Waals surface area (Å²) in [5, 5.41) is 6.52. The van der Waals surface area contributed by atoms with Gasteiger partial charge in [-0.1, -0.05) is 121 Å². The van der Waals surface area contributed by atoms with Crippen molar-refractivity contribution in [1.29, 1.82) is 0 Å². The summed E-state index contributed by atoms with van der Waals surface area (Å²) in [6, 6.07) is 62.8. The van der Waals surface area contributed by atoms with E-state index in [2.05, 4.69) is 114 Å². The van der Waals surface area contributed by atoms with E-state index in [1.807, 2.05) is 72.8 Å².